The van der Waals surface area contributed by atoms with Crippen molar-refractivity contribution in [3.63, 3.8) is 0 Å². The lowest BCUT2D eigenvalue weighted by molar-refractivity contribution is -0.135. The van der Waals surface area contributed by atoms with Gasteiger partial charge >= 0.3 is 11.9 Å². The number of rotatable bonds is 10. The van der Waals surface area contributed by atoms with Crippen molar-refractivity contribution in [2.24, 2.45) is 0 Å². The van der Waals surface area contributed by atoms with E-state index < -0.39 is 5.97 Å². The Labute approximate surface area is 141 Å². The fourth-order valence-electron chi connectivity index (χ4n) is 1.71. The van der Waals surface area contributed by atoms with Gasteiger partial charge in [0.1, 0.15) is 0 Å². The molecule has 23 heavy (non-hydrogen) atoms. The molecule has 132 valence electrons. The highest BCUT2D eigenvalue weighted by molar-refractivity contribution is 5.86. The standard InChI is InChI=1S/C10H18O2.C9H14O2/c1-3-4-5-6-7-8-9-10(11)12-2;1-2-3-4-5-6-7-8-9(10)11/h8-9H,3-7H2,1-2H3;2-6H2,1H3,(H,10,11). The lowest BCUT2D eigenvalue weighted by atomic mass is 10.1. The van der Waals surface area contributed by atoms with Crippen LogP contribution in [0.4, 0.5) is 0 Å². The molecule has 0 aromatic carbocycles. The van der Waals surface area contributed by atoms with E-state index in [0.717, 1.165) is 19.3 Å². The Kier molecular flexibility index (Phi) is 20.7. The Balaban J connectivity index is 0. The van der Waals surface area contributed by atoms with E-state index >= 15 is 0 Å². The summed E-state index contributed by atoms with van der Waals surface area (Å²) in [4.78, 5) is 20.5. The molecule has 0 amide bonds. The normalized spacial score (nSPS) is 9.52. The van der Waals surface area contributed by atoms with E-state index in [2.05, 4.69) is 30.4 Å². The molecule has 0 heterocycles. The van der Waals surface area contributed by atoms with E-state index in [4.69, 9.17) is 5.11 Å². The minimum atomic E-state index is -1.03. The van der Waals surface area contributed by atoms with Gasteiger partial charge in [-0.15, -0.1) is 0 Å². The average molecular weight is 324 g/mol. The van der Waals surface area contributed by atoms with Gasteiger partial charge < -0.3 is 9.84 Å². The van der Waals surface area contributed by atoms with Crippen molar-refractivity contribution < 1.29 is 19.4 Å². The number of hydrogen-bond acceptors (Lipinski definition) is 3. The molecule has 1 N–H and O–H groups in total. The molecule has 0 unspecified atom stereocenters. The third-order valence-electron chi connectivity index (χ3n) is 3.03. The summed E-state index contributed by atoms with van der Waals surface area (Å²) in [6, 6.07) is 0. The van der Waals surface area contributed by atoms with Gasteiger partial charge in [-0.3, -0.25) is 0 Å². The van der Waals surface area contributed by atoms with Crippen LogP contribution in [0.25, 0.3) is 0 Å². The molecule has 0 aliphatic heterocycles. The van der Waals surface area contributed by atoms with Crippen LogP contribution in [0.15, 0.2) is 12.2 Å². The first-order chi connectivity index (χ1) is 11.1. The van der Waals surface area contributed by atoms with Crippen molar-refractivity contribution in [3.8, 4) is 11.8 Å². The zero-order valence-corrected chi connectivity index (χ0v) is 14.9. The van der Waals surface area contributed by atoms with E-state index in [9.17, 15) is 9.59 Å². The molecular formula is C19H32O4. The topological polar surface area (TPSA) is 63.6 Å². The van der Waals surface area contributed by atoms with E-state index in [1.54, 1.807) is 0 Å². The van der Waals surface area contributed by atoms with Gasteiger partial charge in [0.15, 0.2) is 0 Å². The molecule has 0 bridgehead atoms. The monoisotopic (exact) mass is 324 g/mol. The molecule has 0 saturated carbocycles. The van der Waals surface area contributed by atoms with Gasteiger partial charge in [-0.2, -0.15) is 0 Å². The molecular weight excluding hydrogens is 292 g/mol. The van der Waals surface area contributed by atoms with E-state index in [-0.39, 0.29) is 5.97 Å². The Hall–Kier alpha value is -1.76. The number of carbonyl (C=O) groups is 2. The number of aliphatic carboxylic acids is 1. The van der Waals surface area contributed by atoms with Gasteiger partial charge in [-0.1, -0.05) is 64.4 Å². The molecule has 0 aliphatic rings. The quantitative estimate of drug-likeness (QED) is 0.273. The summed E-state index contributed by atoms with van der Waals surface area (Å²) in [5, 5.41) is 8.14. The summed E-state index contributed by atoms with van der Waals surface area (Å²) in [6.45, 7) is 4.33. The summed E-state index contributed by atoms with van der Waals surface area (Å²) < 4.78 is 4.45. The third-order valence-corrected chi connectivity index (χ3v) is 3.03. The first-order valence-corrected chi connectivity index (χ1v) is 8.54. The first kappa shape index (κ1) is 23.5. The molecule has 0 aliphatic carbocycles. The lowest BCUT2D eigenvalue weighted by Crippen LogP contribution is -1.93. The van der Waals surface area contributed by atoms with Crippen molar-refractivity contribution >= 4 is 11.9 Å². The highest BCUT2D eigenvalue weighted by atomic mass is 16.5. The van der Waals surface area contributed by atoms with Gasteiger partial charge in [0.25, 0.3) is 0 Å². The second kappa shape index (κ2) is 20.2. The minimum Gasteiger partial charge on any atom is -0.472 e. The van der Waals surface area contributed by atoms with Crippen LogP contribution in [0.1, 0.15) is 78.1 Å². The number of hydrogen-bond donors (Lipinski definition) is 1. The highest BCUT2D eigenvalue weighted by Gasteiger charge is 1.89. The summed E-state index contributed by atoms with van der Waals surface area (Å²) in [5.41, 5.74) is 0. The lowest BCUT2D eigenvalue weighted by Gasteiger charge is -1.93. The van der Waals surface area contributed by atoms with Crippen molar-refractivity contribution in [3.05, 3.63) is 12.2 Å². The maximum Gasteiger partial charge on any atom is 0.381 e. The molecule has 0 aromatic heterocycles. The SMILES string of the molecule is CCCCCCC#CC(=O)O.CCCCCCC=CC(=O)OC. The van der Waals surface area contributed by atoms with Gasteiger partial charge in [0.2, 0.25) is 0 Å². The number of esters is 1. The Morgan fingerprint density at radius 3 is 2.13 bits per heavy atom. The van der Waals surface area contributed by atoms with Gasteiger partial charge in [0.05, 0.1) is 7.11 Å². The molecule has 0 aromatic rings. The summed E-state index contributed by atoms with van der Waals surface area (Å²) >= 11 is 0. The van der Waals surface area contributed by atoms with Crippen LogP contribution in [0.3, 0.4) is 0 Å². The smallest absolute Gasteiger partial charge is 0.381 e. The third kappa shape index (κ3) is 25.5. The number of allylic oxidation sites excluding steroid dienone is 1. The number of unbranched alkanes of at least 4 members (excludes halogenated alkanes) is 8. The van der Waals surface area contributed by atoms with Crippen LogP contribution < -0.4 is 0 Å². The Bertz CT molecular complexity index is 375. The summed E-state index contributed by atoms with van der Waals surface area (Å²) in [5.74, 6) is 3.40. The number of carboxylic acid groups (broad SMARTS) is 1. The molecule has 0 fully saturated rings. The van der Waals surface area contributed by atoms with Crippen molar-refractivity contribution in [1.82, 2.24) is 0 Å². The minimum absolute atomic E-state index is 0.259. The van der Waals surface area contributed by atoms with Gasteiger partial charge in [-0.05, 0) is 19.3 Å². The van der Waals surface area contributed by atoms with Crippen LogP contribution >= 0.6 is 0 Å². The maximum atomic E-state index is 10.6. The Morgan fingerprint density at radius 1 is 1.00 bits per heavy atom. The fourth-order valence-corrected chi connectivity index (χ4v) is 1.71. The largest absolute Gasteiger partial charge is 0.472 e. The average Bonchev–Trinajstić information content (AvgIpc) is 2.54. The molecule has 0 saturated heterocycles. The van der Waals surface area contributed by atoms with Crippen molar-refractivity contribution in [2.45, 2.75) is 78.1 Å². The van der Waals surface area contributed by atoms with Crippen LogP contribution in [-0.2, 0) is 14.3 Å². The number of methoxy groups -OCH3 is 1. The maximum absolute atomic E-state index is 10.6. The molecule has 0 rings (SSSR count). The Morgan fingerprint density at radius 2 is 1.61 bits per heavy atom. The van der Waals surface area contributed by atoms with E-state index in [0.29, 0.717) is 6.42 Å². The van der Waals surface area contributed by atoms with E-state index in [1.807, 2.05) is 6.08 Å². The summed E-state index contributed by atoms with van der Waals surface area (Å²) in [6.07, 6.45) is 14.6. The molecule has 4 heteroatoms. The predicted octanol–water partition coefficient (Wildman–Crippen LogP) is 4.73. The zero-order chi connectivity index (χ0) is 17.8. The van der Waals surface area contributed by atoms with Gasteiger partial charge in [0, 0.05) is 18.4 Å². The van der Waals surface area contributed by atoms with Gasteiger partial charge in [-0.25, -0.2) is 9.59 Å². The van der Waals surface area contributed by atoms with Crippen molar-refractivity contribution in [2.75, 3.05) is 7.11 Å². The number of ether oxygens (including phenoxy) is 1. The highest BCUT2D eigenvalue weighted by Crippen LogP contribution is 2.02. The predicted molar refractivity (Wildman–Crippen MR) is 94.1 cm³/mol. The van der Waals surface area contributed by atoms with Crippen LogP contribution in [0, 0.1) is 11.8 Å². The number of carboxylic acids is 1. The van der Waals surface area contributed by atoms with Crippen LogP contribution in [0.5, 0.6) is 0 Å². The fraction of sp³-hybridized carbons (Fsp3) is 0.684. The molecule has 0 spiro atoms. The van der Waals surface area contributed by atoms with Crippen LogP contribution in [-0.4, -0.2) is 24.2 Å². The van der Waals surface area contributed by atoms with Crippen molar-refractivity contribution in [1.29, 1.82) is 0 Å². The molecule has 0 atom stereocenters. The van der Waals surface area contributed by atoms with E-state index in [1.165, 1.54) is 51.7 Å². The molecule has 0 radical (unpaired) electrons. The van der Waals surface area contributed by atoms with Crippen LogP contribution in [0.2, 0.25) is 0 Å². The second-order valence-corrected chi connectivity index (χ2v) is 5.19. The first-order valence-electron chi connectivity index (χ1n) is 8.54. The zero-order valence-electron chi connectivity index (χ0n) is 14.9. The molecule has 4 nitrogen and oxygen atoms in total. The summed E-state index contributed by atoms with van der Waals surface area (Å²) in [7, 11) is 1.39. The number of carbonyl (C=O) groups excluding carboxylic acids is 1. The second-order valence-electron chi connectivity index (χ2n) is 5.19.